The summed E-state index contributed by atoms with van der Waals surface area (Å²) in [4.78, 5) is 23.1. The first-order chi connectivity index (χ1) is 9.08. The Bertz CT molecular complexity index is 489. The first kappa shape index (κ1) is 14.1. The second kappa shape index (κ2) is 6.19. The van der Waals surface area contributed by atoms with E-state index >= 15 is 0 Å². The van der Waals surface area contributed by atoms with Crippen molar-refractivity contribution in [3.05, 3.63) is 34.3 Å². The van der Waals surface area contributed by atoms with Gasteiger partial charge in [0.05, 0.1) is 11.5 Å². The second-order valence-electron chi connectivity index (χ2n) is 4.85. The Labute approximate surface area is 120 Å². The van der Waals surface area contributed by atoms with Crippen molar-refractivity contribution in [3.8, 4) is 0 Å². The van der Waals surface area contributed by atoms with Gasteiger partial charge in [0.1, 0.15) is 0 Å². The van der Waals surface area contributed by atoms with Crippen LogP contribution in [-0.2, 0) is 4.79 Å². The topological polar surface area (TPSA) is 66.4 Å². The van der Waals surface area contributed by atoms with Gasteiger partial charge in [-0.3, -0.25) is 9.59 Å². The number of carbonyl (C=O) groups is 2. The Balaban J connectivity index is 1.99. The molecule has 0 bridgehead atoms. The average molecular weight is 326 g/mol. The van der Waals surface area contributed by atoms with Crippen LogP contribution in [0.15, 0.2) is 28.7 Å². The molecule has 0 saturated heterocycles. The lowest BCUT2D eigenvalue weighted by Gasteiger charge is -2.27. The molecule has 0 heterocycles. The normalized spacial score (nSPS) is 22.8. The summed E-state index contributed by atoms with van der Waals surface area (Å²) >= 11 is 3.34. The van der Waals surface area contributed by atoms with Gasteiger partial charge in [0.15, 0.2) is 0 Å². The van der Waals surface area contributed by atoms with Gasteiger partial charge in [0.2, 0.25) is 0 Å². The molecule has 2 rings (SSSR count). The molecule has 1 fully saturated rings. The van der Waals surface area contributed by atoms with Crippen LogP contribution in [-0.4, -0.2) is 23.0 Å². The van der Waals surface area contributed by atoms with Crippen molar-refractivity contribution in [3.63, 3.8) is 0 Å². The van der Waals surface area contributed by atoms with Gasteiger partial charge in [-0.05, 0) is 47.3 Å². The van der Waals surface area contributed by atoms with Gasteiger partial charge < -0.3 is 10.4 Å². The number of amides is 1. The van der Waals surface area contributed by atoms with E-state index in [2.05, 4.69) is 21.2 Å². The molecular formula is C14H16BrNO3. The number of nitrogens with one attached hydrogen (secondary N) is 1. The number of carbonyl (C=O) groups excluding carboxylic acids is 1. The van der Waals surface area contributed by atoms with E-state index in [1.165, 1.54) is 0 Å². The zero-order chi connectivity index (χ0) is 13.8. The first-order valence-electron chi connectivity index (χ1n) is 6.36. The largest absolute Gasteiger partial charge is 0.481 e. The number of halogens is 1. The van der Waals surface area contributed by atoms with E-state index < -0.39 is 5.97 Å². The van der Waals surface area contributed by atoms with Gasteiger partial charge >= 0.3 is 5.97 Å². The summed E-state index contributed by atoms with van der Waals surface area (Å²) in [6.45, 7) is 0. The number of aliphatic carboxylic acids is 1. The lowest BCUT2D eigenvalue weighted by Crippen LogP contribution is -2.40. The summed E-state index contributed by atoms with van der Waals surface area (Å²) in [7, 11) is 0. The van der Waals surface area contributed by atoms with E-state index in [1.54, 1.807) is 12.1 Å². The zero-order valence-corrected chi connectivity index (χ0v) is 12.0. The molecule has 4 nitrogen and oxygen atoms in total. The van der Waals surface area contributed by atoms with Crippen molar-refractivity contribution >= 4 is 27.8 Å². The van der Waals surface area contributed by atoms with E-state index in [9.17, 15) is 9.59 Å². The monoisotopic (exact) mass is 325 g/mol. The third-order valence-corrected chi connectivity index (χ3v) is 4.17. The van der Waals surface area contributed by atoms with Crippen LogP contribution in [0, 0.1) is 5.92 Å². The van der Waals surface area contributed by atoms with Crippen molar-refractivity contribution in [2.75, 3.05) is 0 Å². The number of rotatable bonds is 3. The second-order valence-corrected chi connectivity index (χ2v) is 5.71. The first-order valence-corrected chi connectivity index (χ1v) is 7.15. The lowest BCUT2D eigenvalue weighted by molar-refractivity contribution is -0.143. The average Bonchev–Trinajstić information content (AvgIpc) is 2.39. The molecule has 2 atom stereocenters. The number of carboxylic acid groups (broad SMARTS) is 1. The minimum absolute atomic E-state index is 0.0468. The predicted octanol–water partition coefficient (Wildman–Crippen LogP) is 2.82. The smallest absolute Gasteiger partial charge is 0.306 e. The highest BCUT2D eigenvalue weighted by atomic mass is 79.9. The summed E-state index contributed by atoms with van der Waals surface area (Å²) in [5, 5.41) is 12.0. The molecule has 1 aromatic rings. The lowest BCUT2D eigenvalue weighted by atomic mass is 9.85. The molecule has 0 spiro atoms. The summed E-state index contributed by atoms with van der Waals surface area (Å²) in [6, 6.07) is 7.17. The Morgan fingerprint density at radius 2 is 2.00 bits per heavy atom. The van der Waals surface area contributed by atoms with Crippen molar-refractivity contribution in [2.24, 2.45) is 5.92 Å². The molecule has 102 valence electrons. The summed E-state index contributed by atoms with van der Waals surface area (Å²) in [5.74, 6) is -1.25. The van der Waals surface area contributed by atoms with Crippen molar-refractivity contribution in [2.45, 2.75) is 31.7 Å². The minimum atomic E-state index is -0.764. The van der Waals surface area contributed by atoms with Gasteiger partial charge in [-0.25, -0.2) is 0 Å². The van der Waals surface area contributed by atoms with E-state index in [0.717, 1.165) is 17.3 Å². The fourth-order valence-corrected chi connectivity index (χ4v) is 2.92. The van der Waals surface area contributed by atoms with Gasteiger partial charge in [-0.1, -0.05) is 18.6 Å². The molecule has 1 aliphatic rings. The maximum atomic E-state index is 12.1. The van der Waals surface area contributed by atoms with Crippen LogP contribution in [0.5, 0.6) is 0 Å². The van der Waals surface area contributed by atoms with Crippen molar-refractivity contribution in [1.82, 2.24) is 5.32 Å². The van der Waals surface area contributed by atoms with Gasteiger partial charge in [0.25, 0.3) is 5.91 Å². The maximum Gasteiger partial charge on any atom is 0.306 e. The Hall–Kier alpha value is -1.36. The van der Waals surface area contributed by atoms with Crippen LogP contribution in [0.2, 0.25) is 0 Å². The molecule has 2 unspecified atom stereocenters. The number of benzene rings is 1. The number of hydrogen-bond donors (Lipinski definition) is 2. The number of hydrogen-bond acceptors (Lipinski definition) is 2. The molecule has 0 aromatic heterocycles. The molecular weight excluding hydrogens is 310 g/mol. The van der Waals surface area contributed by atoms with Crippen molar-refractivity contribution < 1.29 is 14.7 Å². The van der Waals surface area contributed by atoms with Gasteiger partial charge in [-0.15, -0.1) is 0 Å². The van der Waals surface area contributed by atoms with Crippen molar-refractivity contribution in [1.29, 1.82) is 0 Å². The molecule has 1 aliphatic carbocycles. The van der Waals surface area contributed by atoms with E-state index in [-0.39, 0.29) is 17.9 Å². The van der Waals surface area contributed by atoms with Crippen LogP contribution in [0.25, 0.3) is 0 Å². The standard InChI is InChI=1S/C14H16BrNO3/c15-12-7-2-1-6-11(12)13(17)16-10-5-3-4-9(8-10)14(18)19/h1-2,6-7,9-10H,3-5,8H2,(H,16,17)(H,18,19). The SMILES string of the molecule is O=C(NC1CCCC(C(=O)O)C1)c1ccccc1Br. The minimum Gasteiger partial charge on any atom is -0.481 e. The summed E-state index contributed by atoms with van der Waals surface area (Å²) < 4.78 is 0.748. The fraction of sp³-hybridized carbons (Fsp3) is 0.429. The molecule has 0 radical (unpaired) electrons. The summed E-state index contributed by atoms with van der Waals surface area (Å²) in [5.41, 5.74) is 0.583. The van der Waals surface area contributed by atoms with Crippen LogP contribution >= 0.6 is 15.9 Å². The van der Waals surface area contributed by atoms with E-state index in [0.29, 0.717) is 18.4 Å². The van der Waals surface area contributed by atoms with E-state index in [1.807, 2.05) is 12.1 Å². The Kier molecular flexibility index (Phi) is 4.58. The molecule has 5 heteroatoms. The highest BCUT2D eigenvalue weighted by Crippen LogP contribution is 2.25. The summed E-state index contributed by atoms with van der Waals surface area (Å²) in [6.07, 6.45) is 2.92. The van der Waals surface area contributed by atoms with Crippen LogP contribution in [0.4, 0.5) is 0 Å². The molecule has 0 aliphatic heterocycles. The van der Waals surface area contributed by atoms with Crippen LogP contribution < -0.4 is 5.32 Å². The van der Waals surface area contributed by atoms with E-state index in [4.69, 9.17) is 5.11 Å². The highest BCUT2D eigenvalue weighted by Gasteiger charge is 2.28. The predicted molar refractivity (Wildman–Crippen MR) is 75.0 cm³/mol. The third kappa shape index (κ3) is 3.56. The maximum absolute atomic E-state index is 12.1. The molecule has 1 amide bonds. The number of carboxylic acids is 1. The third-order valence-electron chi connectivity index (χ3n) is 3.48. The zero-order valence-electron chi connectivity index (χ0n) is 10.4. The quantitative estimate of drug-likeness (QED) is 0.898. The van der Waals surface area contributed by atoms with Crippen LogP contribution in [0.3, 0.4) is 0 Å². The van der Waals surface area contributed by atoms with Gasteiger partial charge in [0, 0.05) is 10.5 Å². The highest BCUT2D eigenvalue weighted by molar-refractivity contribution is 9.10. The fourth-order valence-electron chi connectivity index (χ4n) is 2.45. The Morgan fingerprint density at radius 1 is 1.26 bits per heavy atom. The molecule has 2 N–H and O–H groups in total. The molecule has 19 heavy (non-hydrogen) atoms. The molecule has 1 aromatic carbocycles. The van der Waals surface area contributed by atoms with Gasteiger partial charge in [-0.2, -0.15) is 0 Å². The molecule has 1 saturated carbocycles. The van der Waals surface area contributed by atoms with Crippen LogP contribution in [0.1, 0.15) is 36.0 Å². The Morgan fingerprint density at radius 3 is 2.68 bits per heavy atom.